The van der Waals surface area contributed by atoms with Gasteiger partial charge in [-0.25, -0.2) is 0 Å². The summed E-state index contributed by atoms with van der Waals surface area (Å²) in [5, 5.41) is 3.78. The minimum Gasteiger partial charge on any atom is -0.381 e. The highest BCUT2D eigenvalue weighted by Gasteiger charge is 2.37. The van der Waals surface area contributed by atoms with E-state index in [1.54, 1.807) is 0 Å². The summed E-state index contributed by atoms with van der Waals surface area (Å²) in [5.74, 6) is 0. The Balaban J connectivity index is 1.55. The SMILES string of the molecule is CN(C)C1CCN(CC2(CNC3CC3)CCOCC2)C1. The van der Waals surface area contributed by atoms with Gasteiger partial charge in [0.2, 0.25) is 0 Å². The second-order valence-electron chi connectivity index (χ2n) is 7.41. The van der Waals surface area contributed by atoms with E-state index in [4.69, 9.17) is 4.74 Å². The molecule has 1 N–H and O–H groups in total. The largest absolute Gasteiger partial charge is 0.381 e. The molecule has 1 unspecified atom stereocenters. The third-order valence-electron chi connectivity index (χ3n) is 5.43. The maximum atomic E-state index is 5.62. The van der Waals surface area contributed by atoms with Gasteiger partial charge in [-0.05, 0) is 58.2 Å². The molecule has 1 atom stereocenters. The van der Waals surface area contributed by atoms with Crippen molar-refractivity contribution in [3.05, 3.63) is 0 Å². The maximum Gasteiger partial charge on any atom is 0.0472 e. The lowest BCUT2D eigenvalue weighted by Gasteiger charge is -2.40. The van der Waals surface area contributed by atoms with E-state index >= 15 is 0 Å². The van der Waals surface area contributed by atoms with Crippen molar-refractivity contribution >= 4 is 0 Å². The molecular weight excluding hydrogens is 250 g/mol. The standard InChI is InChI=1S/C16H31N3O/c1-18(2)15-5-8-19(11-15)13-16(6-9-20-10-7-16)12-17-14-3-4-14/h14-15,17H,3-13H2,1-2H3. The molecule has 2 saturated heterocycles. The molecule has 0 bridgehead atoms. The highest BCUT2D eigenvalue weighted by molar-refractivity contribution is 4.93. The number of likely N-dealkylation sites (N-methyl/N-ethyl adjacent to an activating group) is 1. The molecule has 1 aliphatic carbocycles. The second kappa shape index (κ2) is 6.30. The van der Waals surface area contributed by atoms with Crippen molar-refractivity contribution in [1.29, 1.82) is 0 Å². The number of hydrogen-bond acceptors (Lipinski definition) is 4. The molecule has 3 rings (SSSR count). The number of likely N-dealkylation sites (tertiary alicyclic amines) is 1. The number of rotatable bonds is 6. The van der Waals surface area contributed by atoms with Gasteiger partial charge in [0.1, 0.15) is 0 Å². The van der Waals surface area contributed by atoms with Crippen molar-refractivity contribution in [2.45, 2.75) is 44.2 Å². The summed E-state index contributed by atoms with van der Waals surface area (Å²) < 4.78 is 5.62. The molecule has 0 aromatic carbocycles. The van der Waals surface area contributed by atoms with Crippen molar-refractivity contribution in [3.63, 3.8) is 0 Å². The number of ether oxygens (including phenoxy) is 1. The van der Waals surface area contributed by atoms with Crippen LogP contribution in [0.4, 0.5) is 0 Å². The van der Waals surface area contributed by atoms with Gasteiger partial charge in [0.15, 0.2) is 0 Å². The van der Waals surface area contributed by atoms with E-state index in [-0.39, 0.29) is 0 Å². The van der Waals surface area contributed by atoms with E-state index in [1.165, 1.54) is 58.3 Å². The summed E-state index contributed by atoms with van der Waals surface area (Å²) >= 11 is 0. The topological polar surface area (TPSA) is 27.7 Å². The van der Waals surface area contributed by atoms with Gasteiger partial charge in [-0.2, -0.15) is 0 Å². The lowest BCUT2D eigenvalue weighted by atomic mass is 9.79. The highest BCUT2D eigenvalue weighted by atomic mass is 16.5. The van der Waals surface area contributed by atoms with Crippen molar-refractivity contribution in [3.8, 4) is 0 Å². The summed E-state index contributed by atoms with van der Waals surface area (Å²) in [6.45, 7) is 6.90. The summed E-state index contributed by atoms with van der Waals surface area (Å²) in [6, 6.07) is 1.58. The first-order valence-corrected chi connectivity index (χ1v) is 8.37. The van der Waals surface area contributed by atoms with Gasteiger partial charge >= 0.3 is 0 Å². The van der Waals surface area contributed by atoms with Crippen LogP contribution < -0.4 is 5.32 Å². The van der Waals surface area contributed by atoms with E-state index in [0.717, 1.165) is 25.3 Å². The Kier molecular flexibility index (Phi) is 4.65. The zero-order chi connectivity index (χ0) is 14.0. The van der Waals surface area contributed by atoms with Crippen LogP contribution in [0.2, 0.25) is 0 Å². The first kappa shape index (κ1) is 14.8. The fraction of sp³-hybridized carbons (Fsp3) is 1.00. The van der Waals surface area contributed by atoms with Crippen molar-refractivity contribution in [2.24, 2.45) is 5.41 Å². The van der Waals surface area contributed by atoms with Crippen LogP contribution in [0.25, 0.3) is 0 Å². The van der Waals surface area contributed by atoms with Gasteiger partial charge in [-0.3, -0.25) is 0 Å². The van der Waals surface area contributed by atoms with Gasteiger partial charge in [0.25, 0.3) is 0 Å². The third-order valence-corrected chi connectivity index (χ3v) is 5.43. The molecule has 2 aliphatic heterocycles. The van der Waals surface area contributed by atoms with Crippen molar-refractivity contribution in [2.75, 3.05) is 53.5 Å². The van der Waals surface area contributed by atoms with Crippen LogP contribution in [0.3, 0.4) is 0 Å². The number of nitrogens with zero attached hydrogens (tertiary/aromatic N) is 2. The molecule has 4 heteroatoms. The molecule has 1 saturated carbocycles. The Bertz CT molecular complexity index is 311. The summed E-state index contributed by atoms with van der Waals surface area (Å²) in [5.41, 5.74) is 0.460. The van der Waals surface area contributed by atoms with Crippen LogP contribution in [0.1, 0.15) is 32.1 Å². The fourth-order valence-corrected chi connectivity index (χ4v) is 3.70. The summed E-state index contributed by atoms with van der Waals surface area (Å²) in [4.78, 5) is 5.09. The molecule has 4 nitrogen and oxygen atoms in total. The summed E-state index contributed by atoms with van der Waals surface area (Å²) in [6.07, 6.45) is 6.57. The van der Waals surface area contributed by atoms with E-state index < -0.39 is 0 Å². The van der Waals surface area contributed by atoms with E-state index in [9.17, 15) is 0 Å². The first-order chi connectivity index (χ1) is 9.67. The van der Waals surface area contributed by atoms with Crippen LogP contribution >= 0.6 is 0 Å². The summed E-state index contributed by atoms with van der Waals surface area (Å²) in [7, 11) is 4.43. The normalized spacial score (nSPS) is 31.1. The van der Waals surface area contributed by atoms with Gasteiger partial charge in [0.05, 0.1) is 0 Å². The molecule has 0 aromatic rings. The highest BCUT2D eigenvalue weighted by Crippen LogP contribution is 2.33. The van der Waals surface area contributed by atoms with Crippen LogP contribution in [0.15, 0.2) is 0 Å². The van der Waals surface area contributed by atoms with E-state index in [0.29, 0.717) is 5.41 Å². The Hall–Kier alpha value is -0.160. The Morgan fingerprint density at radius 3 is 2.55 bits per heavy atom. The lowest BCUT2D eigenvalue weighted by Crippen LogP contribution is -2.47. The average molecular weight is 281 g/mol. The van der Waals surface area contributed by atoms with Gasteiger partial charge in [0, 0.05) is 44.9 Å². The third kappa shape index (κ3) is 3.73. The molecule has 0 radical (unpaired) electrons. The quantitative estimate of drug-likeness (QED) is 0.791. The Labute approximate surface area is 123 Å². The smallest absolute Gasteiger partial charge is 0.0472 e. The van der Waals surface area contributed by atoms with Gasteiger partial charge in [-0.15, -0.1) is 0 Å². The van der Waals surface area contributed by atoms with Crippen LogP contribution in [-0.4, -0.2) is 75.4 Å². The van der Waals surface area contributed by atoms with Crippen molar-refractivity contribution in [1.82, 2.24) is 15.1 Å². The Morgan fingerprint density at radius 1 is 1.20 bits per heavy atom. The number of hydrogen-bond donors (Lipinski definition) is 1. The Morgan fingerprint density at radius 2 is 1.95 bits per heavy atom. The average Bonchev–Trinajstić information content (AvgIpc) is 3.16. The molecule has 0 amide bonds. The number of nitrogens with one attached hydrogen (secondary N) is 1. The molecule has 3 aliphatic rings. The zero-order valence-electron chi connectivity index (χ0n) is 13.2. The first-order valence-electron chi connectivity index (χ1n) is 8.37. The van der Waals surface area contributed by atoms with Crippen LogP contribution in [0, 0.1) is 5.41 Å². The lowest BCUT2D eigenvalue weighted by molar-refractivity contribution is -0.00184. The maximum absolute atomic E-state index is 5.62. The predicted molar refractivity (Wildman–Crippen MR) is 82.0 cm³/mol. The molecule has 0 aromatic heterocycles. The van der Waals surface area contributed by atoms with Crippen molar-refractivity contribution < 1.29 is 4.74 Å². The molecule has 2 heterocycles. The molecule has 0 spiro atoms. The monoisotopic (exact) mass is 281 g/mol. The van der Waals surface area contributed by atoms with Gasteiger partial charge < -0.3 is 19.9 Å². The van der Waals surface area contributed by atoms with E-state index in [1.807, 2.05) is 0 Å². The molecule has 3 fully saturated rings. The minimum absolute atomic E-state index is 0.460. The zero-order valence-corrected chi connectivity index (χ0v) is 13.2. The predicted octanol–water partition coefficient (Wildman–Crippen LogP) is 1.17. The minimum atomic E-state index is 0.460. The van der Waals surface area contributed by atoms with Gasteiger partial charge in [-0.1, -0.05) is 0 Å². The molecular formula is C16H31N3O. The van der Waals surface area contributed by atoms with E-state index in [2.05, 4.69) is 29.2 Å². The molecule has 116 valence electrons. The fourth-order valence-electron chi connectivity index (χ4n) is 3.70. The van der Waals surface area contributed by atoms with Crippen LogP contribution in [-0.2, 0) is 4.74 Å². The van der Waals surface area contributed by atoms with Crippen LogP contribution in [0.5, 0.6) is 0 Å². The molecule has 20 heavy (non-hydrogen) atoms. The second-order valence-corrected chi connectivity index (χ2v) is 7.41.